The number of hydrogen-bond donors (Lipinski definition) is 1. The summed E-state index contributed by atoms with van der Waals surface area (Å²) in [6.45, 7) is 2.73. The molecule has 0 saturated heterocycles. The molecule has 1 unspecified atom stereocenters. The second-order valence-electron chi connectivity index (χ2n) is 6.37. The van der Waals surface area contributed by atoms with Crippen LogP contribution in [0.4, 0.5) is 0 Å². The molecule has 0 radical (unpaired) electrons. The minimum absolute atomic E-state index is 0.00142. The molecule has 0 aromatic heterocycles. The summed E-state index contributed by atoms with van der Waals surface area (Å²) >= 11 is 0. The van der Waals surface area contributed by atoms with Gasteiger partial charge in [-0.05, 0) is 37.7 Å². The van der Waals surface area contributed by atoms with Crippen LogP contribution in [0.25, 0.3) is 0 Å². The molecule has 2 rings (SSSR count). The number of para-hydroxylation sites is 1. The summed E-state index contributed by atoms with van der Waals surface area (Å²) in [5.41, 5.74) is 3.43. The molecule has 4 nitrogen and oxygen atoms in total. The molecule has 25 heavy (non-hydrogen) atoms. The first-order valence-electron chi connectivity index (χ1n) is 8.69. The first-order chi connectivity index (χ1) is 12.0. The van der Waals surface area contributed by atoms with E-state index in [1.54, 1.807) is 7.11 Å². The number of rotatable bonds is 8. The Balaban J connectivity index is 1.99. The Morgan fingerprint density at radius 3 is 2.40 bits per heavy atom. The Hall–Kier alpha value is -2.33. The zero-order valence-electron chi connectivity index (χ0n) is 15.6. The van der Waals surface area contributed by atoms with Gasteiger partial charge in [0.1, 0.15) is 5.75 Å². The van der Waals surface area contributed by atoms with Gasteiger partial charge in [-0.3, -0.25) is 4.79 Å². The summed E-state index contributed by atoms with van der Waals surface area (Å²) in [6.07, 6.45) is 1.35. The van der Waals surface area contributed by atoms with Gasteiger partial charge in [0.05, 0.1) is 19.6 Å². The van der Waals surface area contributed by atoms with Gasteiger partial charge in [-0.25, -0.2) is 0 Å². The Labute approximate surface area is 150 Å². The molecule has 0 fully saturated rings. The maximum atomic E-state index is 12.4. The fraction of sp³-hybridized carbons (Fsp3) is 0.381. The van der Waals surface area contributed by atoms with E-state index in [0.717, 1.165) is 17.7 Å². The number of hydrogen-bond acceptors (Lipinski definition) is 3. The van der Waals surface area contributed by atoms with E-state index < -0.39 is 0 Å². The molecule has 2 aromatic carbocycles. The maximum Gasteiger partial charge on any atom is 0.224 e. The van der Waals surface area contributed by atoms with Crippen LogP contribution in [0.5, 0.6) is 5.75 Å². The molecule has 0 heterocycles. The van der Waals surface area contributed by atoms with E-state index in [-0.39, 0.29) is 11.9 Å². The standard InChI is InChI=1S/C21H28N2O2/c1-5-16-10-12-17(13-11-16)19(23(2)3)15-22-21(24)14-18-8-6-7-9-20(18)25-4/h6-13,19H,5,14-15H2,1-4H3,(H,22,24). The van der Waals surface area contributed by atoms with Crippen LogP contribution in [0, 0.1) is 0 Å². The monoisotopic (exact) mass is 340 g/mol. The van der Waals surface area contributed by atoms with Gasteiger partial charge in [-0.2, -0.15) is 0 Å². The number of carbonyl (C=O) groups excluding carboxylic acids is 1. The number of carbonyl (C=O) groups is 1. The normalized spacial score (nSPS) is 12.0. The van der Waals surface area contributed by atoms with Gasteiger partial charge in [0.2, 0.25) is 5.91 Å². The topological polar surface area (TPSA) is 41.6 Å². The van der Waals surface area contributed by atoms with Gasteiger partial charge in [-0.15, -0.1) is 0 Å². The van der Waals surface area contributed by atoms with Crippen LogP contribution < -0.4 is 10.1 Å². The largest absolute Gasteiger partial charge is 0.496 e. The van der Waals surface area contributed by atoms with Crippen LogP contribution in [0.3, 0.4) is 0 Å². The Kier molecular flexibility index (Phi) is 7.02. The summed E-state index contributed by atoms with van der Waals surface area (Å²) < 4.78 is 5.31. The number of amides is 1. The van der Waals surface area contributed by atoms with Gasteiger partial charge >= 0.3 is 0 Å². The minimum atomic E-state index is 0.00142. The maximum absolute atomic E-state index is 12.4. The van der Waals surface area contributed by atoms with Crippen molar-refractivity contribution in [3.05, 3.63) is 65.2 Å². The molecule has 0 saturated carbocycles. The van der Waals surface area contributed by atoms with Crippen LogP contribution in [0.15, 0.2) is 48.5 Å². The summed E-state index contributed by atoms with van der Waals surface area (Å²) in [5.74, 6) is 0.749. The van der Waals surface area contributed by atoms with E-state index >= 15 is 0 Å². The zero-order valence-corrected chi connectivity index (χ0v) is 15.6. The Morgan fingerprint density at radius 2 is 1.80 bits per heavy atom. The molecular weight excluding hydrogens is 312 g/mol. The van der Waals surface area contributed by atoms with E-state index in [4.69, 9.17) is 4.74 Å². The molecule has 0 bridgehead atoms. The fourth-order valence-electron chi connectivity index (χ4n) is 2.87. The van der Waals surface area contributed by atoms with Crippen LogP contribution >= 0.6 is 0 Å². The highest BCUT2D eigenvalue weighted by Gasteiger charge is 2.16. The van der Waals surface area contributed by atoms with E-state index in [1.807, 2.05) is 38.4 Å². The van der Waals surface area contributed by atoms with Crippen molar-refractivity contribution in [3.63, 3.8) is 0 Å². The van der Waals surface area contributed by atoms with Crippen LogP contribution in [0.1, 0.15) is 29.7 Å². The molecule has 0 aliphatic heterocycles. The second-order valence-corrected chi connectivity index (χ2v) is 6.37. The van der Waals surface area contributed by atoms with Crippen molar-refractivity contribution in [3.8, 4) is 5.75 Å². The van der Waals surface area contributed by atoms with Crippen molar-refractivity contribution in [2.45, 2.75) is 25.8 Å². The molecule has 1 amide bonds. The lowest BCUT2D eigenvalue weighted by Gasteiger charge is -2.25. The number of methoxy groups -OCH3 is 1. The average Bonchev–Trinajstić information content (AvgIpc) is 2.62. The number of aryl methyl sites for hydroxylation is 1. The molecular formula is C21H28N2O2. The fourth-order valence-corrected chi connectivity index (χ4v) is 2.87. The van der Waals surface area contributed by atoms with Gasteiger partial charge in [-0.1, -0.05) is 49.4 Å². The predicted octanol–water partition coefficient (Wildman–Crippen LogP) is 3.22. The second kappa shape index (κ2) is 9.23. The summed E-state index contributed by atoms with van der Waals surface area (Å²) in [6, 6.07) is 16.4. The van der Waals surface area contributed by atoms with Crippen LogP contribution in [0.2, 0.25) is 0 Å². The number of nitrogens with one attached hydrogen (secondary N) is 1. The number of ether oxygens (including phenoxy) is 1. The molecule has 134 valence electrons. The Morgan fingerprint density at radius 1 is 1.12 bits per heavy atom. The van der Waals surface area contributed by atoms with E-state index in [2.05, 4.69) is 41.4 Å². The van der Waals surface area contributed by atoms with E-state index in [1.165, 1.54) is 11.1 Å². The molecule has 2 aromatic rings. The first-order valence-corrected chi connectivity index (χ1v) is 8.69. The number of benzene rings is 2. The minimum Gasteiger partial charge on any atom is -0.496 e. The predicted molar refractivity (Wildman–Crippen MR) is 102 cm³/mol. The van der Waals surface area contributed by atoms with E-state index in [0.29, 0.717) is 13.0 Å². The quantitative estimate of drug-likeness (QED) is 0.802. The van der Waals surface area contributed by atoms with Gasteiger partial charge in [0.25, 0.3) is 0 Å². The van der Waals surface area contributed by atoms with Gasteiger partial charge in [0.15, 0.2) is 0 Å². The third-order valence-corrected chi connectivity index (χ3v) is 4.43. The van der Waals surface area contributed by atoms with E-state index in [9.17, 15) is 4.79 Å². The molecule has 0 aliphatic rings. The molecule has 1 N–H and O–H groups in total. The number of likely N-dealkylation sites (N-methyl/N-ethyl adjacent to an activating group) is 1. The highest BCUT2D eigenvalue weighted by atomic mass is 16.5. The van der Waals surface area contributed by atoms with Crippen LogP contribution in [-0.2, 0) is 17.6 Å². The Bertz CT molecular complexity index is 681. The SMILES string of the molecule is CCc1ccc(C(CNC(=O)Cc2ccccc2OC)N(C)C)cc1. The summed E-state index contributed by atoms with van der Waals surface area (Å²) in [4.78, 5) is 14.5. The van der Waals surface area contributed by atoms with Gasteiger partial charge in [0, 0.05) is 12.1 Å². The summed E-state index contributed by atoms with van der Waals surface area (Å²) in [5, 5.41) is 3.05. The highest BCUT2D eigenvalue weighted by Crippen LogP contribution is 2.20. The van der Waals surface area contributed by atoms with Crippen molar-refractivity contribution >= 4 is 5.91 Å². The highest BCUT2D eigenvalue weighted by molar-refractivity contribution is 5.79. The third kappa shape index (κ3) is 5.33. The molecule has 4 heteroatoms. The first kappa shape index (κ1) is 19.0. The lowest BCUT2D eigenvalue weighted by molar-refractivity contribution is -0.120. The number of nitrogens with zero attached hydrogens (tertiary/aromatic N) is 1. The molecule has 0 aliphatic carbocycles. The molecule has 1 atom stereocenters. The smallest absolute Gasteiger partial charge is 0.224 e. The van der Waals surface area contributed by atoms with Crippen molar-refractivity contribution in [2.75, 3.05) is 27.7 Å². The average molecular weight is 340 g/mol. The third-order valence-electron chi connectivity index (χ3n) is 4.43. The lowest BCUT2D eigenvalue weighted by Crippen LogP contribution is -2.35. The lowest BCUT2D eigenvalue weighted by atomic mass is 10.0. The van der Waals surface area contributed by atoms with Crippen molar-refractivity contribution in [2.24, 2.45) is 0 Å². The van der Waals surface area contributed by atoms with Crippen molar-refractivity contribution in [1.82, 2.24) is 10.2 Å². The summed E-state index contributed by atoms with van der Waals surface area (Å²) in [7, 11) is 5.69. The van der Waals surface area contributed by atoms with Gasteiger partial charge < -0.3 is 15.0 Å². The van der Waals surface area contributed by atoms with Crippen LogP contribution in [-0.4, -0.2) is 38.6 Å². The van der Waals surface area contributed by atoms with Crippen molar-refractivity contribution in [1.29, 1.82) is 0 Å². The zero-order chi connectivity index (χ0) is 18.2. The van der Waals surface area contributed by atoms with Crippen molar-refractivity contribution < 1.29 is 9.53 Å². The molecule has 0 spiro atoms.